The van der Waals surface area contributed by atoms with Crippen molar-refractivity contribution >= 4 is 5.82 Å². The van der Waals surface area contributed by atoms with Crippen molar-refractivity contribution in [3.63, 3.8) is 0 Å². The minimum atomic E-state index is -0.736. The van der Waals surface area contributed by atoms with E-state index in [1.54, 1.807) is 24.3 Å². The van der Waals surface area contributed by atoms with E-state index in [9.17, 15) is 8.78 Å². The molecule has 0 saturated carbocycles. The first-order chi connectivity index (χ1) is 9.10. The van der Waals surface area contributed by atoms with Gasteiger partial charge in [-0.2, -0.15) is 5.26 Å². The fraction of sp³-hybridized carbons (Fsp3) is 0.143. The van der Waals surface area contributed by atoms with Crippen LogP contribution in [-0.4, -0.2) is 4.98 Å². The molecule has 0 bridgehead atoms. The van der Waals surface area contributed by atoms with E-state index in [0.29, 0.717) is 5.56 Å². The predicted octanol–water partition coefficient (Wildman–Crippen LogP) is 3.40. The molecule has 1 unspecified atom stereocenters. The van der Waals surface area contributed by atoms with Crippen LogP contribution in [0.4, 0.5) is 14.6 Å². The summed E-state index contributed by atoms with van der Waals surface area (Å²) in [6.07, 6.45) is 0.955. The van der Waals surface area contributed by atoms with Crippen LogP contribution in [0.5, 0.6) is 0 Å². The summed E-state index contributed by atoms with van der Waals surface area (Å²) >= 11 is 0. The van der Waals surface area contributed by atoms with Crippen LogP contribution < -0.4 is 5.32 Å². The van der Waals surface area contributed by atoms with Gasteiger partial charge in [0.05, 0.1) is 23.9 Å². The highest BCUT2D eigenvalue weighted by Gasteiger charge is 2.10. The van der Waals surface area contributed by atoms with Gasteiger partial charge in [-0.3, -0.25) is 0 Å². The van der Waals surface area contributed by atoms with Gasteiger partial charge in [-0.1, -0.05) is 12.1 Å². The zero-order chi connectivity index (χ0) is 13.8. The maximum atomic E-state index is 13.4. The summed E-state index contributed by atoms with van der Waals surface area (Å²) in [5.74, 6) is -1.45. The van der Waals surface area contributed by atoms with E-state index < -0.39 is 11.6 Å². The van der Waals surface area contributed by atoms with Crippen LogP contribution >= 0.6 is 0 Å². The van der Waals surface area contributed by atoms with Crippen LogP contribution in [-0.2, 0) is 0 Å². The number of hydrogen-bond donors (Lipinski definition) is 1. The standard InChI is InChI=1S/C14H11F2N3/c1-9(11-4-2-10(7-17)3-5-11)19-14-13(16)6-12(15)8-18-14/h2-6,8-9H,1H3,(H,18,19). The largest absolute Gasteiger partial charge is 0.361 e. The molecule has 0 aliphatic rings. The van der Waals surface area contributed by atoms with Gasteiger partial charge in [-0.15, -0.1) is 0 Å². The molecular weight excluding hydrogens is 248 g/mol. The summed E-state index contributed by atoms with van der Waals surface area (Å²) in [5.41, 5.74) is 1.44. The summed E-state index contributed by atoms with van der Waals surface area (Å²) in [6.45, 7) is 1.83. The molecule has 2 aromatic rings. The van der Waals surface area contributed by atoms with Crippen molar-refractivity contribution < 1.29 is 8.78 Å². The monoisotopic (exact) mass is 259 g/mol. The molecule has 1 N–H and O–H groups in total. The molecule has 3 nitrogen and oxygen atoms in total. The van der Waals surface area contributed by atoms with Crippen LogP contribution in [0.1, 0.15) is 24.1 Å². The van der Waals surface area contributed by atoms with Crippen molar-refractivity contribution in [2.75, 3.05) is 5.32 Å². The molecule has 2 rings (SSSR count). The molecule has 1 aromatic heterocycles. The molecular formula is C14H11F2N3. The van der Waals surface area contributed by atoms with Crippen LogP contribution in [0.15, 0.2) is 36.5 Å². The van der Waals surface area contributed by atoms with E-state index in [2.05, 4.69) is 10.3 Å². The second kappa shape index (κ2) is 5.44. The van der Waals surface area contributed by atoms with Crippen LogP contribution in [0.3, 0.4) is 0 Å². The summed E-state index contributed by atoms with van der Waals surface area (Å²) < 4.78 is 26.2. The number of pyridine rings is 1. The van der Waals surface area contributed by atoms with E-state index in [1.165, 1.54) is 0 Å². The van der Waals surface area contributed by atoms with E-state index in [4.69, 9.17) is 5.26 Å². The molecule has 0 amide bonds. The number of hydrogen-bond acceptors (Lipinski definition) is 3. The average Bonchev–Trinajstić information content (AvgIpc) is 2.42. The summed E-state index contributed by atoms with van der Waals surface area (Å²) in [4.78, 5) is 3.66. The summed E-state index contributed by atoms with van der Waals surface area (Å²) in [6, 6.07) is 9.51. The molecule has 0 radical (unpaired) electrons. The van der Waals surface area contributed by atoms with Crippen molar-refractivity contribution in [2.24, 2.45) is 0 Å². The molecule has 0 aliphatic heterocycles. The molecule has 1 aromatic carbocycles. The molecule has 96 valence electrons. The minimum Gasteiger partial charge on any atom is -0.361 e. The molecule has 0 fully saturated rings. The number of anilines is 1. The fourth-order valence-electron chi connectivity index (χ4n) is 1.66. The highest BCUT2D eigenvalue weighted by atomic mass is 19.1. The lowest BCUT2D eigenvalue weighted by Crippen LogP contribution is -2.09. The SMILES string of the molecule is CC(Nc1ncc(F)cc1F)c1ccc(C#N)cc1. The number of aromatic nitrogens is 1. The number of nitrogens with zero attached hydrogens (tertiary/aromatic N) is 2. The maximum Gasteiger partial charge on any atom is 0.168 e. The predicted molar refractivity (Wildman–Crippen MR) is 67.3 cm³/mol. The Hall–Kier alpha value is -2.48. The zero-order valence-corrected chi connectivity index (χ0v) is 10.2. The Labute approximate surface area is 109 Å². The van der Waals surface area contributed by atoms with Crippen LogP contribution in [0.2, 0.25) is 0 Å². The van der Waals surface area contributed by atoms with Crippen LogP contribution in [0, 0.1) is 23.0 Å². The summed E-state index contributed by atoms with van der Waals surface area (Å²) in [5, 5.41) is 11.6. The Bertz CT molecular complexity index is 618. The van der Waals surface area contributed by atoms with Gasteiger partial charge in [-0.05, 0) is 24.6 Å². The zero-order valence-electron chi connectivity index (χ0n) is 10.2. The molecule has 0 spiro atoms. The first-order valence-corrected chi connectivity index (χ1v) is 5.68. The normalized spacial score (nSPS) is 11.7. The molecule has 1 atom stereocenters. The number of nitrogens with one attached hydrogen (secondary N) is 1. The molecule has 0 saturated heterocycles. The van der Waals surface area contributed by atoms with Gasteiger partial charge in [-0.25, -0.2) is 13.8 Å². The molecule has 19 heavy (non-hydrogen) atoms. The second-order valence-corrected chi connectivity index (χ2v) is 4.08. The fourth-order valence-corrected chi connectivity index (χ4v) is 1.66. The highest BCUT2D eigenvalue weighted by molar-refractivity contribution is 5.40. The Morgan fingerprint density at radius 1 is 1.26 bits per heavy atom. The molecule has 1 heterocycles. The van der Waals surface area contributed by atoms with Gasteiger partial charge in [0.15, 0.2) is 11.6 Å². The van der Waals surface area contributed by atoms with Gasteiger partial charge in [0.1, 0.15) is 5.82 Å². The van der Waals surface area contributed by atoms with Gasteiger partial charge in [0, 0.05) is 6.07 Å². The Kier molecular flexibility index (Phi) is 3.71. The van der Waals surface area contributed by atoms with Crippen molar-refractivity contribution in [3.8, 4) is 6.07 Å². The first kappa shape index (κ1) is 13.0. The second-order valence-electron chi connectivity index (χ2n) is 4.08. The third kappa shape index (κ3) is 3.05. The van der Waals surface area contributed by atoms with E-state index in [0.717, 1.165) is 17.8 Å². The number of benzene rings is 1. The van der Waals surface area contributed by atoms with Gasteiger partial charge < -0.3 is 5.32 Å². The van der Waals surface area contributed by atoms with Gasteiger partial charge >= 0.3 is 0 Å². The van der Waals surface area contributed by atoms with E-state index in [1.807, 2.05) is 13.0 Å². The summed E-state index contributed by atoms with van der Waals surface area (Å²) in [7, 11) is 0. The topological polar surface area (TPSA) is 48.7 Å². The minimum absolute atomic E-state index is 0.00161. The Morgan fingerprint density at radius 3 is 2.53 bits per heavy atom. The molecule has 5 heteroatoms. The van der Waals surface area contributed by atoms with Crippen LogP contribution in [0.25, 0.3) is 0 Å². The lowest BCUT2D eigenvalue weighted by atomic mass is 10.1. The lowest BCUT2D eigenvalue weighted by Gasteiger charge is -2.15. The quantitative estimate of drug-likeness (QED) is 0.918. The number of nitriles is 1. The highest BCUT2D eigenvalue weighted by Crippen LogP contribution is 2.20. The maximum absolute atomic E-state index is 13.4. The Balaban J connectivity index is 2.16. The number of rotatable bonds is 3. The van der Waals surface area contributed by atoms with Gasteiger partial charge in [0.25, 0.3) is 0 Å². The van der Waals surface area contributed by atoms with Gasteiger partial charge in [0.2, 0.25) is 0 Å². The Morgan fingerprint density at radius 2 is 1.95 bits per heavy atom. The van der Waals surface area contributed by atoms with Crippen molar-refractivity contribution in [2.45, 2.75) is 13.0 Å². The van der Waals surface area contributed by atoms with Crippen molar-refractivity contribution in [1.29, 1.82) is 5.26 Å². The van der Waals surface area contributed by atoms with E-state index >= 15 is 0 Å². The average molecular weight is 259 g/mol. The first-order valence-electron chi connectivity index (χ1n) is 5.68. The third-order valence-electron chi connectivity index (χ3n) is 2.70. The lowest BCUT2D eigenvalue weighted by molar-refractivity contribution is 0.574. The van der Waals surface area contributed by atoms with Crippen molar-refractivity contribution in [1.82, 2.24) is 4.98 Å². The smallest absolute Gasteiger partial charge is 0.168 e. The molecule has 0 aliphatic carbocycles. The third-order valence-corrected chi connectivity index (χ3v) is 2.70. The van der Waals surface area contributed by atoms with E-state index in [-0.39, 0.29) is 11.9 Å². The number of halogens is 2. The van der Waals surface area contributed by atoms with Crippen molar-refractivity contribution in [3.05, 3.63) is 59.3 Å².